The van der Waals surface area contributed by atoms with Gasteiger partial charge in [0.15, 0.2) is 0 Å². The van der Waals surface area contributed by atoms with E-state index < -0.39 is 0 Å². The highest BCUT2D eigenvalue weighted by molar-refractivity contribution is 6.19. The van der Waals surface area contributed by atoms with Gasteiger partial charge in [0, 0.05) is 38.2 Å². The molecule has 5 rings (SSSR count). The molecule has 0 fully saturated rings. The summed E-state index contributed by atoms with van der Waals surface area (Å²) in [7, 11) is 5.21. The van der Waals surface area contributed by atoms with Gasteiger partial charge in [-0.25, -0.2) is 0 Å². The van der Waals surface area contributed by atoms with Crippen molar-refractivity contribution >= 4 is 32.3 Å². The van der Waals surface area contributed by atoms with Crippen LogP contribution >= 0.6 is 0 Å². The molecule has 0 amide bonds. The molecule has 0 aliphatic heterocycles. The van der Waals surface area contributed by atoms with Crippen LogP contribution in [0.3, 0.4) is 0 Å². The Hall–Kier alpha value is -3.72. The van der Waals surface area contributed by atoms with Gasteiger partial charge in [0.25, 0.3) is 0 Å². The molecule has 0 unspecified atom stereocenters. The maximum absolute atomic E-state index is 6.06. The van der Waals surface area contributed by atoms with Crippen LogP contribution in [0.2, 0.25) is 0 Å². The van der Waals surface area contributed by atoms with Gasteiger partial charge in [0.05, 0.1) is 21.3 Å². The molecule has 0 spiro atoms. The smallest absolute Gasteiger partial charge is 0.135 e. The summed E-state index contributed by atoms with van der Waals surface area (Å²) in [5, 5.41) is 6.48. The van der Waals surface area contributed by atoms with Gasteiger partial charge >= 0.3 is 0 Å². The van der Waals surface area contributed by atoms with Gasteiger partial charge in [-0.2, -0.15) is 0 Å². The minimum Gasteiger partial charge on any atom is -0.496 e. The lowest BCUT2D eigenvalue weighted by molar-refractivity contribution is 0.409. The van der Waals surface area contributed by atoms with Crippen LogP contribution in [0.4, 0.5) is 0 Å². The second kappa shape index (κ2) is 7.51. The highest BCUT2D eigenvalue weighted by atomic mass is 16.5. The van der Waals surface area contributed by atoms with Crippen molar-refractivity contribution in [2.45, 2.75) is 6.92 Å². The fourth-order valence-electron chi connectivity index (χ4n) is 4.85. The Morgan fingerprint density at radius 1 is 0.419 bits per heavy atom. The van der Waals surface area contributed by atoms with Crippen LogP contribution in [-0.4, -0.2) is 21.3 Å². The van der Waals surface area contributed by atoms with Crippen LogP contribution in [0.25, 0.3) is 43.4 Å². The summed E-state index contributed by atoms with van der Waals surface area (Å²) in [6, 6.07) is 25.0. The lowest BCUT2D eigenvalue weighted by Gasteiger charge is -2.22. The van der Waals surface area contributed by atoms with Crippen molar-refractivity contribution in [3.05, 3.63) is 78.4 Å². The quantitative estimate of drug-likeness (QED) is 0.296. The van der Waals surface area contributed by atoms with Gasteiger partial charge in [-0.1, -0.05) is 72.8 Å². The van der Waals surface area contributed by atoms with E-state index in [2.05, 4.69) is 67.6 Å². The van der Waals surface area contributed by atoms with Crippen LogP contribution in [0.5, 0.6) is 17.2 Å². The normalized spacial score (nSPS) is 11.2. The maximum Gasteiger partial charge on any atom is 0.135 e. The maximum atomic E-state index is 6.06. The zero-order valence-electron chi connectivity index (χ0n) is 18.2. The molecule has 0 atom stereocenters. The van der Waals surface area contributed by atoms with Crippen molar-refractivity contribution in [3.8, 4) is 28.4 Å². The first-order valence-electron chi connectivity index (χ1n) is 10.3. The summed E-state index contributed by atoms with van der Waals surface area (Å²) >= 11 is 0. The third-order valence-electron chi connectivity index (χ3n) is 6.10. The second-order valence-electron chi connectivity index (χ2n) is 7.61. The van der Waals surface area contributed by atoms with Gasteiger partial charge < -0.3 is 14.2 Å². The van der Waals surface area contributed by atoms with Crippen molar-refractivity contribution in [2.75, 3.05) is 21.3 Å². The summed E-state index contributed by atoms with van der Waals surface area (Å²) in [5.41, 5.74) is 3.23. The van der Waals surface area contributed by atoms with Gasteiger partial charge in [-0.3, -0.25) is 0 Å². The highest BCUT2D eigenvalue weighted by Gasteiger charge is 2.24. The van der Waals surface area contributed by atoms with E-state index in [1.54, 1.807) is 21.3 Å². The van der Waals surface area contributed by atoms with Gasteiger partial charge in [0.2, 0.25) is 0 Å². The number of hydrogen-bond donors (Lipinski definition) is 0. The molecule has 154 valence electrons. The van der Waals surface area contributed by atoms with Crippen molar-refractivity contribution in [1.82, 2.24) is 0 Å². The molecular formula is C28H24O3. The third kappa shape index (κ3) is 2.73. The number of fused-ring (bicyclic) bond motifs is 3. The molecule has 0 heterocycles. The van der Waals surface area contributed by atoms with E-state index in [1.807, 2.05) is 12.1 Å². The fraction of sp³-hybridized carbons (Fsp3) is 0.143. The van der Waals surface area contributed by atoms with Crippen LogP contribution in [0.1, 0.15) is 5.56 Å². The first-order valence-corrected chi connectivity index (χ1v) is 10.3. The Balaban J connectivity index is 2.08. The molecule has 5 aromatic rings. The summed E-state index contributed by atoms with van der Waals surface area (Å²) in [5.74, 6) is 2.61. The van der Waals surface area contributed by atoms with Crippen molar-refractivity contribution in [3.63, 3.8) is 0 Å². The number of methoxy groups -OCH3 is 3. The second-order valence-corrected chi connectivity index (χ2v) is 7.61. The Morgan fingerprint density at radius 3 is 1.19 bits per heavy atom. The van der Waals surface area contributed by atoms with Crippen LogP contribution < -0.4 is 14.2 Å². The minimum atomic E-state index is 0.856. The first-order chi connectivity index (χ1) is 15.2. The van der Waals surface area contributed by atoms with E-state index in [-0.39, 0.29) is 0 Å². The molecule has 3 nitrogen and oxygen atoms in total. The number of hydrogen-bond acceptors (Lipinski definition) is 3. The number of ether oxygens (including phenoxy) is 3. The Morgan fingerprint density at radius 2 is 0.774 bits per heavy atom. The minimum absolute atomic E-state index is 0.856. The third-order valence-corrected chi connectivity index (χ3v) is 6.10. The van der Waals surface area contributed by atoms with E-state index >= 15 is 0 Å². The Bertz CT molecular complexity index is 1390. The molecule has 0 saturated heterocycles. The monoisotopic (exact) mass is 408 g/mol. The Labute approximate surface area is 181 Å². The molecular weight excluding hydrogens is 384 g/mol. The molecule has 3 heteroatoms. The Kier molecular flexibility index (Phi) is 4.67. The summed E-state index contributed by atoms with van der Waals surface area (Å²) in [4.78, 5) is 0. The van der Waals surface area contributed by atoms with Crippen LogP contribution in [-0.2, 0) is 0 Å². The lowest BCUT2D eigenvalue weighted by Crippen LogP contribution is -1.99. The predicted octanol–water partition coefficient (Wildman–Crippen LogP) is 7.15. The van der Waals surface area contributed by atoms with E-state index in [4.69, 9.17) is 14.2 Å². The zero-order chi connectivity index (χ0) is 21.5. The number of rotatable bonds is 4. The summed E-state index contributed by atoms with van der Waals surface area (Å²) in [6.07, 6.45) is 0. The van der Waals surface area contributed by atoms with Crippen molar-refractivity contribution < 1.29 is 14.2 Å². The fourth-order valence-corrected chi connectivity index (χ4v) is 4.85. The molecule has 0 bridgehead atoms. The largest absolute Gasteiger partial charge is 0.496 e. The van der Waals surface area contributed by atoms with Crippen molar-refractivity contribution in [1.29, 1.82) is 0 Å². The van der Waals surface area contributed by atoms with E-state index in [0.29, 0.717) is 0 Å². The van der Waals surface area contributed by atoms with E-state index in [0.717, 1.165) is 66.3 Å². The van der Waals surface area contributed by atoms with Crippen LogP contribution in [0.15, 0.2) is 72.8 Å². The zero-order valence-corrected chi connectivity index (χ0v) is 18.2. The van der Waals surface area contributed by atoms with Gasteiger partial charge in [0.1, 0.15) is 17.2 Å². The molecule has 0 aliphatic rings. The SMILES string of the molecule is COc1c(C)c(-c2c3ccccc3c(OC)c3ccccc23)c(OC)c2ccccc12. The lowest BCUT2D eigenvalue weighted by atomic mass is 9.86. The number of benzene rings is 5. The van der Waals surface area contributed by atoms with Gasteiger partial charge in [-0.05, 0) is 17.7 Å². The topological polar surface area (TPSA) is 27.7 Å². The molecule has 31 heavy (non-hydrogen) atoms. The standard InChI is InChI=1S/C28H24O3/c1-17-24(28(31-4)23-16-10-9-15-22(23)26(17)29-2)25-18-11-5-7-13-20(18)27(30-3)21-14-8-6-12-19(21)25/h5-16H,1-4H3. The summed E-state index contributed by atoms with van der Waals surface area (Å²) in [6.45, 7) is 2.11. The molecule has 0 saturated carbocycles. The first kappa shape index (κ1) is 19.3. The highest BCUT2D eigenvalue weighted by Crippen LogP contribution is 2.51. The molecule has 5 aromatic carbocycles. The van der Waals surface area contributed by atoms with E-state index in [9.17, 15) is 0 Å². The predicted molar refractivity (Wildman–Crippen MR) is 129 cm³/mol. The van der Waals surface area contributed by atoms with Crippen molar-refractivity contribution in [2.24, 2.45) is 0 Å². The van der Waals surface area contributed by atoms with Gasteiger partial charge in [-0.15, -0.1) is 0 Å². The average Bonchev–Trinajstić information content (AvgIpc) is 2.82. The molecule has 0 aromatic heterocycles. The average molecular weight is 408 g/mol. The van der Waals surface area contributed by atoms with E-state index in [1.165, 1.54) is 0 Å². The summed E-state index contributed by atoms with van der Waals surface area (Å²) < 4.78 is 17.8. The molecule has 0 radical (unpaired) electrons. The molecule has 0 aliphatic carbocycles. The molecule has 0 N–H and O–H groups in total. The van der Waals surface area contributed by atoms with Crippen LogP contribution in [0, 0.1) is 6.92 Å².